The molecule has 0 radical (unpaired) electrons. The quantitative estimate of drug-likeness (QED) is 0.443. The van der Waals surface area contributed by atoms with Gasteiger partial charge >= 0.3 is 0 Å². The van der Waals surface area contributed by atoms with Crippen LogP contribution in [-0.2, 0) is 0 Å². The Morgan fingerprint density at radius 3 is 2.35 bits per heavy atom. The van der Waals surface area contributed by atoms with Crippen LogP contribution in [0.1, 0.15) is 12.5 Å². The van der Waals surface area contributed by atoms with E-state index in [1.165, 1.54) is 27.7 Å². The van der Waals surface area contributed by atoms with Gasteiger partial charge in [-0.05, 0) is 43.7 Å². The molecule has 1 unspecified atom stereocenters. The van der Waals surface area contributed by atoms with E-state index >= 15 is 0 Å². The molecule has 3 aromatic carbocycles. The van der Waals surface area contributed by atoms with Gasteiger partial charge in [-0.25, -0.2) is 0 Å². The van der Waals surface area contributed by atoms with Gasteiger partial charge in [0.1, 0.15) is 17.3 Å². The number of anilines is 2. The van der Waals surface area contributed by atoms with Crippen LogP contribution in [0.25, 0.3) is 21.9 Å². The molecule has 1 aliphatic heterocycles. The second-order valence-corrected chi connectivity index (χ2v) is 6.81. The van der Waals surface area contributed by atoms with Crippen LogP contribution in [0.3, 0.4) is 0 Å². The maximum atomic E-state index is 6.09. The van der Waals surface area contributed by atoms with Crippen LogP contribution in [-0.4, -0.2) is 6.17 Å². The van der Waals surface area contributed by atoms with Crippen molar-refractivity contribution in [1.29, 1.82) is 0 Å². The molecule has 0 saturated carbocycles. The third kappa shape index (κ3) is 2.21. The van der Waals surface area contributed by atoms with Crippen molar-refractivity contribution in [2.24, 2.45) is 0 Å². The zero-order valence-corrected chi connectivity index (χ0v) is 14.9. The molecule has 128 valence electrons. The van der Waals surface area contributed by atoms with E-state index in [4.69, 9.17) is 4.42 Å². The summed E-state index contributed by atoms with van der Waals surface area (Å²) in [6.45, 7) is 4.39. The number of fused-ring (bicyclic) bond motifs is 3. The van der Waals surface area contributed by atoms with Gasteiger partial charge in [0.15, 0.2) is 0 Å². The minimum absolute atomic E-state index is 0.206. The Balaban J connectivity index is 1.58. The van der Waals surface area contributed by atoms with Gasteiger partial charge in [-0.1, -0.05) is 36.4 Å². The predicted molar refractivity (Wildman–Crippen MR) is 108 cm³/mol. The zero-order valence-electron chi connectivity index (χ0n) is 14.9. The predicted octanol–water partition coefficient (Wildman–Crippen LogP) is 6.04. The van der Waals surface area contributed by atoms with Crippen molar-refractivity contribution in [1.82, 2.24) is 0 Å². The maximum Gasteiger partial charge on any atom is 0.137 e. The van der Waals surface area contributed by atoms with Crippen molar-refractivity contribution in [3.63, 3.8) is 0 Å². The summed E-state index contributed by atoms with van der Waals surface area (Å²) in [5.41, 5.74) is 5.50. The standard InChI is InChI=1S/C23H20N2O/c1-16-14-20-19-10-6-7-11-22(19)26-23(20)15-21(16)25-13-12-24(17(25)2)18-8-4-3-5-9-18/h3-15,17H,1-2H3. The first-order chi connectivity index (χ1) is 12.7. The fourth-order valence-electron chi connectivity index (χ4n) is 3.86. The highest BCUT2D eigenvalue weighted by Gasteiger charge is 2.26. The summed E-state index contributed by atoms with van der Waals surface area (Å²) >= 11 is 0. The van der Waals surface area contributed by atoms with Crippen LogP contribution in [0.2, 0.25) is 0 Å². The Hall–Kier alpha value is -3.20. The van der Waals surface area contributed by atoms with E-state index in [2.05, 4.69) is 84.6 Å². The van der Waals surface area contributed by atoms with Crippen LogP contribution in [0.5, 0.6) is 0 Å². The molecule has 0 N–H and O–H groups in total. The minimum atomic E-state index is 0.206. The summed E-state index contributed by atoms with van der Waals surface area (Å²) in [6, 6.07) is 23.1. The van der Waals surface area contributed by atoms with Crippen LogP contribution < -0.4 is 9.80 Å². The zero-order chi connectivity index (χ0) is 17.7. The van der Waals surface area contributed by atoms with E-state index in [-0.39, 0.29) is 6.17 Å². The van der Waals surface area contributed by atoms with E-state index in [1.54, 1.807) is 0 Å². The Bertz CT molecular complexity index is 1130. The van der Waals surface area contributed by atoms with Crippen LogP contribution in [0.4, 0.5) is 11.4 Å². The van der Waals surface area contributed by atoms with Gasteiger partial charge in [0.2, 0.25) is 0 Å². The molecule has 4 aromatic rings. The molecule has 2 heterocycles. The lowest BCUT2D eigenvalue weighted by atomic mass is 10.1. The smallest absolute Gasteiger partial charge is 0.137 e. The van der Waals surface area contributed by atoms with Gasteiger partial charge in [0, 0.05) is 40.6 Å². The third-order valence-corrected chi connectivity index (χ3v) is 5.22. The van der Waals surface area contributed by atoms with Crippen molar-refractivity contribution in [3.8, 4) is 0 Å². The summed E-state index contributed by atoms with van der Waals surface area (Å²) in [6.07, 6.45) is 4.49. The fourth-order valence-corrected chi connectivity index (χ4v) is 3.86. The Labute approximate surface area is 152 Å². The summed E-state index contributed by atoms with van der Waals surface area (Å²) in [7, 11) is 0. The van der Waals surface area contributed by atoms with E-state index in [0.29, 0.717) is 0 Å². The molecular formula is C23H20N2O. The molecule has 0 spiro atoms. The molecule has 3 heteroatoms. The van der Waals surface area contributed by atoms with Gasteiger partial charge in [-0.15, -0.1) is 0 Å². The molecule has 1 aromatic heterocycles. The molecule has 5 rings (SSSR count). The summed E-state index contributed by atoms with van der Waals surface area (Å²) in [5.74, 6) is 0. The molecule has 0 amide bonds. The number of hydrogen-bond donors (Lipinski definition) is 0. The molecule has 3 nitrogen and oxygen atoms in total. The average molecular weight is 340 g/mol. The normalized spacial score (nSPS) is 16.9. The van der Waals surface area contributed by atoms with Crippen LogP contribution in [0.15, 0.2) is 83.5 Å². The first-order valence-corrected chi connectivity index (χ1v) is 8.94. The van der Waals surface area contributed by atoms with Crippen molar-refractivity contribution in [3.05, 3.63) is 84.7 Å². The topological polar surface area (TPSA) is 19.6 Å². The molecule has 1 aliphatic rings. The lowest BCUT2D eigenvalue weighted by Gasteiger charge is -2.30. The van der Waals surface area contributed by atoms with Gasteiger partial charge in [-0.2, -0.15) is 0 Å². The second kappa shape index (κ2) is 5.67. The highest BCUT2D eigenvalue weighted by Crippen LogP contribution is 2.36. The number of benzene rings is 3. The molecular weight excluding hydrogens is 320 g/mol. The molecule has 0 saturated heterocycles. The molecule has 0 bridgehead atoms. The van der Waals surface area contributed by atoms with Crippen molar-refractivity contribution < 1.29 is 4.42 Å². The highest BCUT2D eigenvalue weighted by atomic mass is 16.3. The summed E-state index contributed by atoms with van der Waals surface area (Å²) in [5, 5.41) is 2.35. The van der Waals surface area contributed by atoms with Crippen LogP contribution in [0, 0.1) is 6.92 Å². The summed E-state index contributed by atoms with van der Waals surface area (Å²) in [4.78, 5) is 4.58. The first-order valence-electron chi connectivity index (χ1n) is 8.94. The minimum Gasteiger partial charge on any atom is -0.456 e. The van der Waals surface area contributed by atoms with Crippen LogP contribution >= 0.6 is 0 Å². The van der Waals surface area contributed by atoms with Gasteiger partial charge in [0.05, 0.1) is 0 Å². The first kappa shape index (κ1) is 15.1. The lowest BCUT2D eigenvalue weighted by Crippen LogP contribution is -2.36. The number of rotatable bonds is 2. The average Bonchev–Trinajstić information content (AvgIpc) is 3.22. The molecule has 0 aliphatic carbocycles. The monoisotopic (exact) mass is 340 g/mol. The van der Waals surface area contributed by atoms with E-state index < -0.39 is 0 Å². The third-order valence-electron chi connectivity index (χ3n) is 5.22. The number of nitrogens with zero attached hydrogens (tertiary/aromatic N) is 2. The largest absolute Gasteiger partial charge is 0.456 e. The van der Waals surface area contributed by atoms with Crippen molar-refractivity contribution in [2.75, 3.05) is 9.80 Å². The lowest BCUT2D eigenvalue weighted by molar-refractivity contribution is 0.668. The Morgan fingerprint density at radius 1 is 0.769 bits per heavy atom. The van der Waals surface area contributed by atoms with Gasteiger partial charge < -0.3 is 14.2 Å². The highest BCUT2D eigenvalue weighted by molar-refractivity contribution is 6.06. The second-order valence-electron chi connectivity index (χ2n) is 6.81. The SMILES string of the molecule is Cc1cc2c(cc1N1C=CN(c3ccccc3)C1C)oc1ccccc12. The molecule has 1 atom stereocenters. The number of aryl methyl sites for hydroxylation is 1. The van der Waals surface area contributed by atoms with Crippen molar-refractivity contribution in [2.45, 2.75) is 20.0 Å². The molecule has 26 heavy (non-hydrogen) atoms. The Morgan fingerprint density at radius 2 is 1.50 bits per heavy atom. The van der Waals surface area contributed by atoms with Crippen molar-refractivity contribution >= 4 is 33.3 Å². The summed E-state index contributed by atoms with van der Waals surface area (Å²) < 4.78 is 6.09. The van der Waals surface area contributed by atoms with Gasteiger partial charge in [-0.3, -0.25) is 0 Å². The number of furan rings is 1. The van der Waals surface area contributed by atoms with E-state index in [0.717, 1.165) is 11.2 Å². The Kier molecular flexibility index (Phi) is 3.29. The number of para-hydroxylation sites is 2. The van der Waals surface area contributed by atoms with E-state index in [9.17, 15) is 0 Å². The maximum absolute atomic E-state index is 6.09. The van der Waals surface area contributed by atoms with E-state index in [1.807, 2.05) is 18.2 Å². The van der Waals surface area contributed by atoms with Gasteiger partial charge in [0.25, 0.3) is 0 Å². The number of hydrogen-bond acceptors (Lipinski definition) is 3. The fraction of sp³-hybridized carbons (Fsp3) is 0.130. The molecule has 0 fully saturated rings.